The largest absolute Gasteiger partial charge is 0.416 e. The van der Waals surface area contributed by atoms with Gasteiger partial charge in [-0.15, -0.1) is 11.6 Å². The predicted molar refractivity (Wildman–Crippen MR) is 77.7 cm³/mol. The number of alkyl halides is 4. The van der Waals surface area contributed by atoms with Gasteiger partial charge >= 0.3 is 6.18 Å². The van der Waals surface area contributed by atoms with Crippen LogP contribution in [0.15, 0.2) is 18.2 Å². The van der Waals surface area contributed by atoms with E-state index >= 15 is 0 Å². The molecule has 0 aliphatic rings. The molecule has 0 spiro atoms. The van der Waals surface area contributed by atoms with Crippen molar-refractivity contribution in [3.05, 3.63) is 29.6 Å². The molecule has 0 unspecified atom stereocenters. The summed E-state index contributed by atoms with van der Waals surface area (Å²) in [5, 5.41) is 0. The lowest BCUT2D eigenvalue weighted by atomic mass is 10.2. The van der Waals surface area contributed by atoms with Gasteiger partial charge in [-0.25, -0.2) is 4.98 Å². The Kier molecular flexibility index (Phi) is 4.78. The van der Waals surface area contributed by atoms with Gasteiger partial charge in [0.1, 0.15) is 5.82 Å². The van der Waals surface area contributed by atoms with E-state index in [1.165, 1.54) is 6.07 Å². The number of aromatic nitrogens is 2. The molecule has 1 heterocycles. The van der Waals surface area contributed by atoms with Gasteiger partial charge in [0, 0.05) is 25.4 Å². The minimum absolute atomic E-state index is 0.365. The molecule has 7 heteroatoms. The van der Waals surface area contributed by atoms with E-state index in [1.54, 1.807) is 0 Å². The number of rotatable bonds is 5. The maximum absolute atomic E-state index is 12.8. The first-order valence-corrected chi connectivity index (χ1v) is 7.13. The molecule has 116 valence electrons. The van der Waals surface area contributed by atoms with Crippen molar-refractivity contribution in [3.63, 3.8) is 0 Å². The van der Waals surface area contributed by atoms with E-state index in [-0.39, 0.29) is 0 Å². The first-order valence-electron chi connectivity index (χ1n) is 6.60. The van der Waals surface area contributed by atoms with Crippen molar-refractivity contribution in [1.82, 2.24) is 14.5 Å². The number of hydrogen-bond donors (Lipinski definition) is 0. The van der Waals surface area contributed by atoms with Gasteiger partial charge in [0.15, 0.2) is 0 Å². The lowest BCUT2D eigenvalue weighted by Crippen LogP contribution is -2.19. The molecule has 2 rings (SSSR count). The monoisotopic (exact) mass is 319 g/mol. The number of benzene rings is 1. The molecule has 0 saturated carbocycles. The fourth-order valence-corrected chi connectivity index (χ4v) is 2.35. The molecule has 0 radical (unpaired) electrons. The van der Waals surface area contributed by atoms with Crippen LogP contribution in [0.3, 0.4) is 0 Å². The van der Waals surface area contributed by atoms with Gasteiger partial charge in [0.05, 0.1) is 16.6 Å². The average Bonchev–Trinajstić information content (AvgIpc) is 2.72. The number of likely N-dealkylation sites (N-methyl/N-ethyl adjacent to an activating group) is 1. The van der Waals surface area contributed by atoms with Crippen LogP contribution in [0.2, 0.25) is 0 Å². The number of halogens is 4. The van der Waals surface area contributed by atoms with Crippen LogP contribution in [0.1, 0.15) is 11.4 Å². The summed E-state index contributed by atoms with van der Waals surface area (Å²) in [5.41, 5.74) is 0.401. The lowest BCUT2D eigenvalue weighted by molar-refractivity contribution is -0.137. The summed E-state index contributed by atoms with van der Waals surface area (Å²) in [6.45, 7) is 1.45. The van der Waals surface area contributed by atoms with Gasteiger partial charge in [0.2, 0.25) is 0 Å². The van der Waals surface area contributed by atoms with Gasteiger partial charge in [-0.2, -0.15) is 13.2 Å². The van der Waals surface area contributed by atoms with E-state index in [0.717, 1.165) is 24.5 Å². The van der Waals surface area contributed by atoms with Crippen molar-refractivity contribution in [2.24, 2.45) is 0 Å². The molecule has 3 nitrogen and oxygen atoms in total. The lowest BCUT2D eigenvalue weighted by Gasteiger charge is -2.13. The highest BCUT2D eigenvalue weighted by atomic mass is 35.5. The van der Waals surface area contributed by atoms with E-state index in [4.69, 9.17) is 11.6 Å². The molecular formula is C14H17ClF3N3. The molecule has 0 fully saturated rings. The predicted octanol–water partition coefficient (Wildman–Crippen LogP) is 3.40. The molecule has 0 saturated heterocycles. The van der Waals surface area contributed by atoms with Crippen molar-refractivity contribution in [2.75, 3.05) is 26.5 Å². The smallest absolute Gasteiger partial charge is 0.327 e. The number of hydrogen-bond acceptors (Lipinski definition) is 2. The molecular weight excluding hydrogens is 303 g/mol. The first kappa shape index (κ1) is 16.1. The molecule has 21 heavy (non-hydrogen) atoms. The molecule has 2 aromatic rings. The second-order valence-corrected chi connectivity index (χ2v) is 5.50. The highest BCUT2D eigenvalue weighted by Gasteiger charge is 2.31. The number of imidazole rings is 1. The Bertz CT molecular complexity index is 620. The fourth-order valence-electron chi connectivity index (χ4n) is 2.18. The van der Waals surface area contributed by atoms with E-state index in [2.05, 4.69) is 4.98 Å². The minimum atomic E-state index is -4.35. The van der Waals surface area contributed by atoms with Gasteiger partial charge < -0.3 is 9.47 Å². The van der Waals surface area contributed by atoms with Crippen LogP contribution in [-0.4, -0.2) is 41.0 Å². The SMILES string of the molecule is CN(C)CCn1c(CCCl)nc2cc(C(F)(F)F)ccc21. The van der Waals surface area contributed by atoms with Crippen molar-refractivity contribution in [1.29, 1.82) is 0 Å². The summed E-state index contributed by atoms with van der Waals surface area (Å²) in [7, 11) is 3.89. The van der Waals surface area contributed by atoms with Crippen molar-refractivity contribution >= 4 is 22.6 Å². The highest BCUT2D eigenvalue weighted by molar-refractivity contribution is 6.17. The molecule has 0 atom stereocenters. The van der Waals surface area contributed by atoms with Gasteiger partial charge in [0.25, 0.3) is 0 Å². The summed E-state index contributed by atoms with van der Waals surface area (Å²) < 4.78 is 40.2. The maximum atomic E-state index is 12.8. The van der Waals surface area contributed by atoms with E-state index in [9.17, 15) is 13.2 Å². The number of aryl methyl sites for hydroxylation is 1. The van der Waals surface area contributed by atoms with E-state index in [0.29, 0.717) is 29.9 Å². The zero-order chi connectivity index (χ0) is 15.6. The Balaban J connectivity index is 2.46. The van der Waals surface area contributed by atoms with Gasteiger partial charge in [-0.3, -0.25) is 0 Å². The third-order valence-corrected chi connectivity index (χ3v) is 3.43. The van der Waals surface area contributed by atoms with Gasteiger partial charge in [-0.05, 0) is 32.3 Å². The Morgan fingerprint density at radius 3 is 2.57 bits per heavy atom. The molecule has 0 N–H and O–H groups in total. The number of nitrogens with zero attached hydrogens (tertiary/aromatic N) is 3. The normalized spacial score (nSPS) is 12.5. The Labute approximate surface area is 126 Å². The van der Waals surface area contributed by atoms with Crippen LogP contribution < -0.4 is 0 Å². The molecule has 0 aliphatic carbocycles. The van der Waals surface area contributed by atoms with Crippen molar-refractivity contribution < 1.29 is 13.2 Å². The van der Waals surface area contributed by atoms with Gasteiger partial charge in [-0.1, -0.05) is 0 Å². The second-order valence-electron chi connectivity index (χ2n) is 5.12. The standard InChI is InChI=1S/C14H17ClF3N3/c1-20(2)7-8-21-12-4-3-10(14(16,17)18)9-11(12)19-13(21)5-6-15/h3-4,9H,5-8H2,1-2H3. The number of fused-ring (bicyclic) bond motifs is 1. The zero-order valence-electron chi connectivity index (χ0n) is 11.9. The Morgan fingerprint density at radius 1 is 1.29 bits per heavy atom. The molecule has 0 bridgehead atoms. The first-order chi connectivity index (χ1) is 9.82. The summed E-state index contributed by atoms with van der Waals surface area (Å²) >= 11 is 5.76. The average molecular weight is 320 g/mol. The molecule has 1 aromatic heterocycles. The third-order valence-electron chi connectivity index (χ3n) is 3.24. The van der Waals surface area contributed by atoms with Crippen LogP contribution in [0.4, 0.5) is 13.2 Å². The second kappa shape index (κ2) is 6.23. The van der Waals surface area contributed by atoms with Crippen LogP contribution in [0, 0.1) is 0 Å². The quantitative estimate of drug-likeness (QED) is 0.788. The Morgan fingerprint density at radius 2 is 2.00 bits per heavy atom. The summed E-state index contributed by atoms with van der Waals surface area (Å²) in [6, 6.07) is 3.68. The summed E-state index contributed by atoms with van der Waals surface area (Å²) in [4.78, 5) is 6.33. The highest BCUT2D eigenvalue weighted by Crippen LogP contribution is 2.31. The molecule has 1 aromatic carbocycles. The van der Waals surface area contributed by atoms with Crippen molar-refractivity contribution in [3.8, 4) is 0 Å². The summed E-state index contributed by atoms with van der Waals surface area (Å²) in [6.07, 6.45) is -3.82. The van der Waals surface area contributed by atoms with Crippen molar-refractivity contribution in [2.45, 2.75) is 19.1 Å². The summed E-state index contributed by atoms with van der Waals surface area (Å²) in [5.74, 6) is 1.11. The maximum Gasteiger partial charge on any atom is 0.416 e. The Hall–Kier alpha value is -1.27. The molecule has 0 aliphatic heterocycles. The third kappa shape index (κ3) is 3.68. The van der Waals surface area contributed by atoms with Crippen LogP contribution in [0.5, 0.6) is 0 Å². The zero-order valence-corrected chi connectivity index (χ0v) is 12.7. The topological polar surface area (TPSA) is 21.1 Å². The fraction of sp³-hybridized carbons (Fsp3) is 0.500. The van der Waals surface area contributed by atoms with E-state index < -0.39 is 11.7 Å². The molecule has 0 amide bonds. The van der Waals surface area contributed by atoms with E-state index in [1.807, 2.05) is 23.6 Å². The van der Waals surface area contributed by atoms with Crippen LogP contribution in [0.25, 0.3) is 11.0 Å². The van der Waals surface area contributed by atoms with Crippen LogP contribution in [-0.2, 0) is 19.1 Å². The van der Waals surface area contributed by atoms with Crippen LogP contribution >= 0.6 is 11.6 Å². The minimum Gasteiger partial charge on any atom is -0.327 e.